The van der Waals surface area contributed by atoms with Crippen molar-refractivity contribution in [3.8, 4) is 11.4 Å². The predicted molar refractivity (Wildman–Crippen MR) is 102 cm³/mol. The van der Waals surface area contributed by atoms with E-state index >= 15 is 0 Å². The second kappa shape index (κ2) is 6.15. The first kappa shape index (κ1) is 17.7. The van der Waals surface area contributed by atoms with Crippen molar-refractivity contribution in [2.45, 2.75) is 26.4 Å². The summed E-state index contributed by atoms with van der Waals surface area (Å²) in [6.45, 7) is 5.26. The van der Waals surface area contributed by atoms with Gasteiger partial charge in [0.25, 0.3) is 5.69 Å². The molecule has 0 N–H and O–H groups in total. The fourth-order valence-electron chi connectivity index (χ4n) is 2.90. The zero-order chi connectivity index (χ0) is 20.1. The highest BCUT2D eigenvalue weighted by atomic mass is 16.6. The maximum absolute atomic E-state index is 12.6. The highest BCUT2D eigenvalue weighted by Gasteiger charge is 2.24. The Balaban J connectivity index is 1.94. The van der Waals surface area contributed by atoms with E-state index in [4.69, 9.17) is 4.74 Å². The van der Waals surface area contributed by atoms with Crippen LogP contribution in [0.3, 0.4) is 0 Å². The SMILES string of the molecule is CC(C)(C)OC(=O)n1nc(-c2cn3ccccc3n2)c2cc([N+](=O)[O-])ccc21. The van der Waals surface area contributed by atoms with Gasteiger partial charge in [-0.2, -0.15) is 9.78 Å². The second-order valence-corrected chi connectivity index (χ2v) is 7.29. The van der Waals surface area contributed by atoms with Gasteiger partial charge in [0, 0.05) is 29.9 Å². The summed E-state index contributed by atoms with van der Waals surface area (Å²) in [6.07, 6.45) is 2.93. The van der Waals surface area contributed by atoms with E-state index < -0.39 is 16.6 Å². The minimum atomic E-state index is -0.709. The molecule has 0 saturated heterocycles. The van der Waals surface area contributed by atoms with Crippen molar-refractivity contribution in [1.29, 1.82) is 0 Å². The predicted octanol–water partition coefficient (Wildman–Crippen LogP) is 4.04. The molecule has 142 valence electrons. The van der Waals surface area contributed by atoms with Crippen LogP contribution in [0.15, 0.2) is 48.8 Å². The molecule has 0 radical (unpaired) electrons. The maximum atomic E-state index is 12.6. The van der Waals surface area contributed by atoms with E-state index in [-0.39, 0.29) is 5.69 Å². The third-order valence-electron chi connectivity index (χ3n) is 4.05. The van der Waals surface area contributed by atoms with E-state index in [0.717, 1.165) is 4.68 Å². The van der Waals surface area contributed by atoms with Crippen molar-refractivity contribution in [1.82, 2.24) is 19.2 Å². The van der Waals surface area contributed by atoms with Crippen LogP contribution in [-0.4, -0.2) is 35.8 Å². The Labute approximate surface area is 159 Å². The van der Waals surface area contributed by atoms with Crippen LogP contribution in [0.1, 0.15) is 20.8 Å². The maximum Gasteiger partial charge on any atom is 0.435 e. The summed E-state index contributed by atoms with van der Waals surface area (Å²) in [7, 11) is 0. The highest BCUT2D eigenvalue weighted by molar-refractivity contribution is 5.98. The lowest BCUT2D eigenvalue weighted by molar-refractivity contribution is -0.384. The number of ether oxygens (including phenoxy) is 1. The molecule has 28 heavy (non-hydrogen) atoms. The molecule has 3 aromatic heterocycles. The van der Waals surface area contributed by atoms with E-state index in [1.165, 1.54) is 18.2 Å². The summed E-state index contributed by atoms with van der Waals surface area (Å²) in [5, 5.41) is 16.1. The van der Waals surface area contributed by atoms with Gasteiger partial charge in [0.2, 0.25) is 0 Å². The van der Waals surface area contributed by atoms with Crippen molar-refractivity contribution in [3.05, 3.63) is 58.9 Å². The Bertz CT molecular complexity index is 1200. The van der Waals surface area contributed by atoms with Gasteiger partial charge in [-0.15, -0.1) is 0 Å². The summed E-state index contributed by atoms with van der Waals surface area (Å²) >= 11 is 0. The third-order valence-corrected chi connectivity index (χ3v) is 4.05. The number of benzene rings is 1. The topological polar surface area (TPSA) is 105 Å². The minimum Gasteiger partial charge on any atom is -0.442 e. The van der Waals surface area contributed by atoms with E-state index in [9.17, 15) is 14.9 Å². The number of imidazole rings is 1. The standard InChI is InChI=1S/C19H17N5O4/c1-19(2,3)28-18(25)23-15-8-7-12(24(26)27)10-13(15)17(21-23)14-11-22-9-5-4-6-16(22)20-14/h4-11H,1-3H3. The van der Waals surface area contributed by atoms with Gasteiger partial charge < -0.3 is 9.14 Å². The number of nitrogens with zero attached hydrogens (tertiary/aromatic N) is 5. The number of carbonyl (C=O) groups is 1. The number of hydrogen-bond donors (Lipinski definition) is 0. The molecule has 4 aromatic rings. The molecule has 0 unspecified atom stereocenters. The Hall–Kier alpha value is -3.75. The van der Waals surface area contributed by atoms with Crippen LogP contribution in [0, 0.1) is 10.1 Å². The summed E-state index contributed by atoms with van der Waals surface area (Å²) in [5.74, 6) is 0. The van der Waals surface area contributed by atoms with Crippen LogP contribution in [0.5, 0.6) is 0 Å². The van der Waals surface area contributed by atoms with Crippen molar-refractivity contribution in [2.24, 2.45) is 0 Å². The van der Waals surface area contributed by atoms with Crippen LogP contribution in [0.4, 0.5) is 10.5 Å². The number of non-ortho nitro benzene ring substituents is 1. The second-order valence-electron chi connectivity index (χ2n) is 7.29. The largest absolute Gasteiger partial charge is 0.442 e. The van der Waals surface area contributed by atoms with Gasteiger partial charge >= 0.3 is 6.09 Å². The van der Waals surface area contributed by atoms with E-state index in [1.807, 2.05) is 28.8 Å². The van der Waals surface area contributed by atoms with Gasteiger partial charge in [0.05, 0.1) is 10.4 Å². The van der Waals surface area contributed by atoms with Gasteiger partial charge in [-0.05, 0) is 39.0 Å². The molecule has 9 heteroatoms. The monoisotopic (exact) mass is 379 g/mol. The highest BCUT2D eigenvalue weighted by Crippen LogP contribution is 2.31. The third kappa shape index (κ3) is 3.07. The Kier molecular flexibility index (Phi) is 3.88. The normalized spacial score (nSPS) is 11.8. The van der Waals surface area contributed by atoms with Gasteiger partial charge in [-0.1, -0.05) is 6.07 Å². The van der Waals surface area contributed by atoms with Crippen LogP contribution >= 0.6 is 0 Å². The fraction of sp³-hybridized carbons (Fsp3) is 0.211. The number of nitro groups is 1. The molecule has 1 aromatic carbocycles. The van der Waals surface area contributed by atoms with Gasteiger partial charge in [0.1, 0.15) is 22.6 Å². The average Bonchev–Trinajstić information content (AvgIpc) is 3.20. The van der Waals surface area contributed by atoms with Gasteiger partial charge in [-0.3, -0.25) is 10.1 Å². The molecule has 0 bridgehead atoms. The Morgan fingerprint density at radius 3 is 2.68 bits per heavy atom. The smallest absolute Gasteiger partial charge is 0.435 e. The van der Waals surface area contributed by atoms with Crippen molar-refractivity contribution < 1.29 is 14.5 Å². The van der Waals surface area contributed by atoms with Gasteiger partial charge in [0.15, 0.2) is 0 Å². The van der Waals surface area contributed by atoms with Crippen LogP contribution in [0.2, 0.25) is 0 Å². The number of pyridine rings is 1. The van der Waals surface area contributed by atoms with E-state index in [1.54, 1.807) is 27.0 Å². The van der Waals surface area contributed by atoms with E-state index in [0.29, 0.717) is 27.9 Å². The van der Waals surface area contributed by atoms with E-state index in [2.05, 4.69) is 10.1 Å². The van der Waals surface area contributed by atoms with Crippen LogP contribution in [-0.2, 0) is 4.74 Å². The van der Waals surface area contributed by atoms with Gasteiger partial charge in [-0.25, -0.2) is 9.78 Å². The molecule has 9 nitrogen and oxygen atoms in total. The molecule has 0 aliphatic carbocycles. The Morgan fingerprint density at radius 1 is 1.21 bits per heavy atom. The number of nitro benzene ring substituents is 1. The molecule has 0 aliphatic heterocycles. The number of aromatic nitrogens is 4. The molecular weight excluding hydrogens is 362 g/mol. The average molecular weight is 379 g/mol. The van der Waals surface area contributed by atoms with Crippen molar-refractivity contribution in [3.63, 3.8) is 0 Å². The number of fused-ring (bicyclic) bond motifs is 2. The fourth-order valence-corrected chi connectivity index (χ4v) is 2.90. The molecule has 0 spiro atoms. The first-order valence-electron chi connectivity index (χ1n) is 8.57. The summed E-state index contributed by atoms with van der Waals surface area (Å²) in [6, 6.07) is 9.76. The molecule has 0 fully saturated rings. The lowest BCUT2D eigenvalue weighted by Gasteiger charge is -2.19. The molecule has 0 aliphatic rings. The summed E-state index contributed by atoms with van der Waals surface area (Å²) in [4.78, 5) is 27.9. The van der Waals surface area contributed by atoms with Crippen molar-refractivity contribution >= 4 is 28.3 Å². The molecule has 3 heterocycles. The molecule has 4 rings (SSSR count). The minimum absolute atomic E-state index is 0.0961. The molecule has 0 atom stereocenters. The molecular formula is C19H17N5O4. The lowest BCUT2D eigenvalue weighted by Crippen LogP contribution is -2.27. The van der Waals surface area contributed by atoms with Crippen LogP contribution in [0.25, 0.3) is 27.9 Å². The zero-order valence-electron chi connectivity index (χ0n) is 15.5. The summed E-state index contributed by atoms with van der Waals surface area (Å²) in [5.41, 5.74) is 1.17. The zero-order valence-corrected chi connectivity index (χ0v) is 15.5. The molecule has 0 amide bonds. The number of rotatable bonds is 2. The van der Waals surface area contributed by atoms with Crippen molar-refractivity contribution in [2.75, 3.05) is 0 Å². The quantitative estimate of drug-likeness (QED) is 0.384. The Morgan fingerprint density at radius 2 is 2.00 bits per heavy atom. The molecule has 0 saturated carbocycles. The number of hydrogen-bond acceptors (Lipinski definition) is 6. The first-order chi connectivity index (χ1) is 13.2. The number of carbonyl (C=O) groups excluding carboxylic acids is 1. The van der Waals surface area contributed by atoms with Crippen LogP contribution < -0.4 is 0 Å². The first-order valence-corrected chi connectivity index (χ1v) is 8.57. The summed E-state index contributed by atoms with van der Waals surface area (Å²) < 4.78 is 8.35. The lowest BCUT2D eigenvalue weighted by atomic mass is 10.1.